The molecule has 4 nitrogen and oxygen atoms in total. The van der Waals surface area contributed by atoms with Gasteiger partial charge in [-0.2, -0.15) is 0 Å². The Morgan fingerprint density at radius 2 is 2.11 bits per heavy atom. The molecule has 106 valence electrons. The molecule has 1 aliphatic rings. The molecule has 3 N–H and O–H groups in total. The van der Waals surface area contributed by atoms with Crippen molar-refractivity contribution in [3.05, 3.63) is 35.9 Å². The molecule has 1 saturated heterocycles. The van der Waals surface area contributed by atoms with Gasteiger partial charge in [0, 0.05) is 13.2 Å². The number of halogens is 1. The first-order valence-corrected chi connectivity index (χ1v) is 6.47. The molecule has 0 saturated carbocycles. The van der Waals surface area contributed by atoms with Gasteiger partial charge < -0.3 is 15.8 Å². The van der Waals surface area contributed by atoms with E-state index in [1.807, 2.05) is 30.3 Å². The zero-order chi connectivity index (χ0) is 12.8. The molecule has 0 aromatic heterocycles. The van der Waals surface area contributed by atoms with Crippen LogP contribution in [-0.4, -0.2) is 25.2 Å². The fourth-order valence-corrected chi connectivity index (χ4v) is 2.10. The molecule has 0 aliphatic carbocycles. The van der Waals surface area contributed by atoms with Crippen molar-refractivity contribution in [2.24, 2.45) is 5.73 Å². The highest BCUT2D eigenvalue weighted by Crippen LogP contribution is 2.13. The lowest BCUT2D eigenvalue weighted by atomic mass is 10.1. The smallest absolute Gasteiger partial charge is 0.241 e. The monoisotopic (exact) mass is 284 g/mol. The number of rotatable bonds is 4. The van der Waals surface area contributed by atoms with E-state index in [2.05, 4.69) is 5.32 Å². The Morgan fingerprint density at radius 1 is 1.37 bits per heavy atom. The van der Waals surface area contributed by atoms with Crippen LogP contribution in [0.1, 0.15) is 30.9 Å². The maximum atomic E-state index is 11.9. The predicted molar refractivity (Wildman–Crippen MR) is 77.2 cm³/mol. The molecule has 2 unspecified atom stereocenters. The number of benzene rings is 1. The van der Waals surface area contributed by atoms with Crippen LogP contribution in [0.15, 0.2) is 30.3 Å². The first kappa shape index (κ1) is 16.0. The van der Waals surface area contributed by atoms with E-state index in [0.29, 0.717) is 6.54 Å². The maximum absolute atomic E-state index is 11.9. The average molecular weight is 285 g/mol. The van der Waals surface area contributed by atoms with E-state index in [1.54, 1.807) is 0 Å². The Kier molecular flexibility index (Phi) is 6.84. The number of nitrogens with two attached hydrogens (primary N) is 1. The molecule has 0 radical (unpaired) electrons. The summed E-state index contributed by atoms with van der Waals surface area (Å²) in [6.07, 6.45) is 3.45. The van der Waals surface area contributed by atoms with Crippen LogP contribution in [-0.2, 0) is 9.53 Å². The molecular weight excluding hydrogens is 264 g/mol. The van der Waals surface area contributed by atoms with Gasteiger partial charge in [0.25, 0.3) is 0 Å². The lowest BCUT2D eigenvalue weighted by Gasteiger charge is -2.23. The van der Waals surface area contributed by atoms with E-state index < -0.39 is 6.04 Å². The fourth-order valence-electron chi connectivity index (χ4n) is 2.10. The molecule has 2 rings (SSSR count). The summed E-state index contributed by atoms with van der Waals surface area (Å²) in [5, 5.41) is 2.86. The normalized spacial score (nSPS) is 20.2. The molecule has 2 atom stereocenters. The third-order valence-electron chi connectivity index (χ3n) is 3.22. The van der Waals surface area contributed by atoms with Gasteiger partial charge in [0.2, 0.25) is 5.91 Å². The van der Waals surface area contributed by atoms with E-state index in [9.17, 15) is 4.79 Å². The second-order valence-electron chi connectivity index (χ2n) is 4.62. The molecule has 5 heteroatoms. The summed E-state index contributed by atoms with van der Waals surface area (Å²) < 4.78 is 5.56. The Labute approximate surface area is 120 Å². The van der Waals surface area contributed by atoms with Crippen molar-refractivity contribution in [1.29, 1.82) is 0 Å². The highest BCUT2D eigenvalue weighted by atomic mass is 35.5. The topological polar surface area (TPSA) is 64.4 Å². The summed E-state index contributed by atoms with van der Waals surface area (Å²) >= 11 is 0. The molecule has 1 aromatic rings. The van der Waals surface area contributed by atoms with E-state index in [4.69, 9.17) is 10.5 Å². The molecule has 1 amide bonds. The van der Waals surface area contributed by atoms with Crippen molar-refractivity contribution in [1.82, 2.24) is 5.32 Å². The molecule has 1 heterocycles. The van der Waals surface area contributed by atoms with Crippen molar-refractivity contribution in [2.45, 2.75) is 31.4 Å². The molecule has 19 heavy (non-hydrogen) atoms. The number of hydrogen-bond donors (Lipinski definition) is 2. The predicted octanol–water partition coefficient (Wildman–Crippen LogP) is 1.79. The van der Waals surface area contributed by atoms with Crippen molar-refractivity contribution in [3.63, 3.8) is 0 Å². The van der Waals surface area contributed by atoms with Gasteiger partial charge in [-0.3, -0.25) is 4.79 Å². The van der Waals surface area contributed by atoms with Gasteiger partial charge in [-0.1, -0.05) is 30.3 Å². The Morgan fingerprint density at radius 3 is 2.74 bits per heavy atom. The van der Waals surface area contributed by atoms with Gasteiger partial charge in [0.15, 0.2) is 0 Å². The second kappa shape index (κ2) is 8.15. The van der Waals surface area contributed by atoms with Crippen LogP contribution >= 0.6 is 12.4 Å². The lowest BCUT2D eigenvalue weighted by molar-refractivity contribution is -0.123. The van der Waals surface area contributed by atoms with Crippen LogP contribution in [0.4, 0.5) is 0 Å². The van der Waals surface area contributed by atoms with Crippen molar-refractivity contribution in [2.75, 3.05) is 13.2 Å². The Bertz CT molecular complexity index is 380. The average Bonchev–Trinajstić information content (AvgIpc) is 2.46. The van der Waals surface area contributed by atoms with Crippen LogP contribution < -0.4 is 11.1 Å². The Balaban J connectivity index is 0.00000180. The van der Waals surface area contributed by atoms with Crippen LogP contribution in [0.3, 0.4) is 0 Å². The SMILES string of the molecule is Cl.NC(C(=O)NCC1CCCCO1)c1ccccc1. The van der Waals surface area contributed by atoms with Crippen LogP contribution in [0.5, 0.6) is 0 Å². The fraction of sp³-hybridized carbons (Fsp3) is 0.500. The number of ether oxygens (including phenoxy) is 1. The van der Waals surface area contributed by atoms with E-state index >= 15 is 0 Å². The van der Waals surface area contributed by atoms with Crippen LogP contribution in [0, 0.1) is 0 Å². The first-order chi connectivity index (χ1) is 8.77. The molecule has 1 aromatic carbocycles. The molecule has 1 fully saturated rings. The van der Waals surface area contributed by atoms with Crippen molar-refractivity contribution < 1.29 is 9.53 Å². The molecular formula is C14H21ClN2O2. The van der Waals surface area contributed by atoms with E-state index in [-0.39, 0.29) is 24.4 Å². The van der Waals surface area contributed by atoms with Crippen LogP contribution in [0.2, 0.25) is 0 Å². The minimum Gasteiger partial charge on any atom is -0.376 e. The van der Waals surface area contributed by atoms with E-state index in [1.165, 1.54) is 6.42 Å². The number of hydrogen-bond acceptors (Lipinski definition) is 3. The quantitative estimate of drug-likeness (QED) is 0.886. The largest absolute Gasteiger partial charge is 0.376 e. The summed E-state index contributed by atoms with van der Waals surface area (Å²) in [6.45, 7) is 1.35. The number of carbonyl (C=O) groups is 1. The summed E-state index contributed by atoms with van der Waals surface area (Å²) in [6, 6.07) is 8.79. The molecule has 0 bridgehead atoms. The van der Waals surface area contributed by atoms with Gasteiger partial charge in [0.05, 0.1) is 6.10 Å². The second-order valence-corrected chi connectivity index (χ2v) is 4.62. The van der Waals surface area contributed by atoms with Crippen molar-refractivity contribution in [3.8, 4) is 0 Å². The third-order valence-corrected chi connectivity index (χ3v) is 3.22. The highest BCUT2D eigenvalue weighted by molar-refractivity contribution is 5.85. The summed E-state index contributed by atoms with van der Waals surface area (Å²) in [5.41, 5.74) is 6.73. The van der Waals surface area contributed by atoms with Crippen molar-refractivity contribution >= 4 is 18.3 Å². The first-order valence-electron chi connectivity index (χ1n) is 6.47. The van der Waals surface area contributed by atoms with Gasteiger partial charge in [-0.05, 0) is 24.8 Å². The zero-order valence-corrected chi connectivity index (χ0v) is 11.7. The number of nitrogens with one attached hydrogen (secondary N) is 1. The summed E-state index contributed by atoms with van der Waals surface area (Å²) in [4.78, 5) is 11.9. The van der Waals surface area contributed by atoms with E-state index in [0.717, 1.165) is 25.0 Å². The van der Waals surface area contributed by atoms with Crippen LogP contribution in [0.25, 0.3) is 0 Å². The summed E-state index contributed by atoms with van der Waals surface area (Å²) in [5.74, 6) is -0.143. The number of amides is 1. The number of carbonyl (C=O) groups excluding carboxylic acids is 1. The standard InChI is InChI=1S/C14H20N2O2.ClH/c15-13(11-6-2-1-3-7-11)14(17)16-10-12-8-4-5-9-18-12;/h1-3,6-7,12-13H,4-5,8-10,15H2,(H,16,17);1H. The van der Waals surface area contributed by atoms with Gasteiger partial charge in [-0.15, -0.1) is 12.4 Å². The lowest BCUT2D eigenvalue weighted by Crippen LogP contribution is -2.40. The maximum Gasteiger partial charge on any atom is 0.241 e. The molecule has 0 spiro atoms. The Hall–Kier alpha value is -1.10. The highest BCUT2D eigenvalue weighted by Gasteiger charge is 2.18. The minimum atomic E-state index is -0.602. The minimum absolute atomic E-state index is 0. The van der Waals surface area contributed by atoms with Gasteiger partial charge in [-0.25, -0.2) is 0 Å². The zero-order valence-electron chi connectivity index (χ0n) is 10.9. The van der Waals surface area contributed by atoms with Gasteiger partial charge >= 0.3 is 0 Å². The summed E-state index contributed by atoms with van der Waals surface area (Å²) in [7, 11) is 0. The van der Waals surface area contributed by atoms with Gasteiger partial charge in [0.1, 0.15) is 6.04 Å². The molecule has 1 aliphatic heterocycles. The third kappa shape index (κ3) is 4.82.